The molecule has 4 aliphatic heterocycles. The van der Waals surface area contributed by atoms with E-state index in [4.69, 9.17) is 47.9 Å². The number of carbonyl (C=O) groups excluding carboxylic acids is 6. The second kappa shape index (κ2) is 37.9. The van der Waals surface area contributed by atoms with Crippen LogP contribution in [0.1, 0.15) is 318 Å². The molecule has 0 spiro atoms. The molecule has 0 fully saturated rings. The number of fused-ring (bicyclic) bond motifs is 4. The van der Waals surface area contributed by atoms with Gasteiger partial charge in [0.2, 0.25) is 35.4 Å². The zero-order valence-electron chi connectivity index (χ0n) is 80.3. The third-order valence-electron chi connectivity index (χ3n) is 25.1. The number of aromatic hydroxyl groups is 2. The molecule has 8 N–H and O–H groups in total. The Balaban J connectivity index is 0.0000142. The predicted octanol–water partition coefficient (Wildman–Crippen LogP) is 28.0. The SMILES string of the molecule is CCC(=O)Nc1cc2c(cc1NC(=O)CC)Oc1cc3c4cc1C(CC)c1cc5c(cc1O2)Oc1cc(N=Cc2cc(C(C)(C)C)cc(C(C)(C)C)c2O)c(N=Cc2cc(C(C)(C)C)cc(C(C)(C)C)c2O)cc1Oc1cc2c(cc1C5CC)C(CC)c1cc(c(cc1Oc1cc(NC(=O)CC)c(NC(=O)CC)cc1O2)Oc1cc(NC(=O)CC)c(NC(=O)CC)cc1O3)C4CC.[Zn]. The number of anilines is 6. The number of rotatable bonds is 20. The molecule has 6 amide bonds. The van der Waals surface area contributed by atoms with Crippen LogP contribution in [0.2, 0.25) is 0 Å². The van der Waals surface area contributed by atoms with Crippen molar-refractivity contribution in [1.29, 1.82) is 0 Å². The first-order chi connectivity index (χ1) is 62.7. The van der Waals surface area contributed by atoms with Crippen LogP contribution in [-0.4, -0.2) is 58.1 Å². The maximum Gasteiger partial charge on any atom is 0.224 e. The number of phenolic OH excluding ortho intramolecular Hbond substituents is 2. The van der Waals surface area contributed by atoms with Crippen LogP contribution in [0.3, 0.4) is 0 Å². The molecule has 8 bridgehead atoms. The molecule has 0 radical (unpaired) electrons. The fourth-order valence-electron chi connectivity index (χ4n) is 17.6. The summed E-state index contributed by atoms with van der Waals surface area (Å²) in [5.41, 5.74) is 9.89. The van der Waals surface area contributed by atoms with Crippen LogP contribution in [0.4, 0.5) is 45.5 Å². The van der Waals surface area contributed by atoms with E-state index in [0.717, 1.165) is 22.3 Å². The van der Waals surface area contributed by atoms with Gasteiger partial charge in [0, 0.05) is 234 Å². The van der Waals surface area contributed by atoms with Crippen LogP contribution < -0.4 is 69.8 Å². The van der Waals surface area contributed by atoms with Gasteiger partial charge in [-0.25, -0.2) is 0 Å². The molecule has 0 aromatic heterocycles. The second-order valence-electron chi connectivity index (χ2n) is 38.5. The van der Waals surface area contributed by atoms with Crippen LogP contribution in [0.15, 0.2) is 131 Å². The van der Waals surface area contributed by atoms with Crippen LogP contribution >= 0.6 is 0 Å². The molecule has 24 nitrogen and oxygen atoms in total. The van der Waals surface area contributed by atoms with Crippen molar-refractivity contribution in [2.24, 2.45) is 9.98 Å². The van der Waals surface area contributed by atoms with Gasteiger partial charge in [-0.15, -0.1) is 0 Å². The van der Waals surface area contributed by atoms with Gasteiger partial charge >= 0.3 is 0 Å². The van der Waals surface area contributed by atoms with Crippen molar-refractivity contribution in [3.05, 3.63) is 199 Å². The first-order valence-corrected chi connectivity index (χ1v) is 46.2. The summed E-state index contributed by atoms with van der Waals surface area (Å²) in [7, 11) is 0. The topological polar surface area (TPSA) is 314 Å². The first kappa shape index (κ1) is 96.1. The van der Waals surface area contributed by atoms with E-state index < -0.39 is 34.5 Å². The Morgan fingerprint density at radius 2 is 0.459 bits per heavy atom. The van der Waals surface area contributed by atoms with Crippen molar-refractivity contribution >= 4 is 93.4 Å². The van der Waals surface area contributed by atoms with E-state index in [0.29, 0.717) is 127 Å². The third kappa shape index (κ3) is 19.5. The minimum absolute atomic E-state index is 0. The second-order valence-corrected chi connectivity index (χ2v) is 38.5. The van der Waals surface area contributed by atoms with Gasteiger partial charge < -0.3 is 80.0 Å². The number of carbonyl (C=O) groups is 6. The molecule has 133 heavy (non-hydrogen) atoms. The number of nitrogens with zero attached hydrogens (tertiary/aromatic N) is 2. The Bertz CT molecular complexity index is 6060. The number of benzene rings is 10. The van der Waals surface area contributed by atoms with Crippen LogP contribution in [-0.2, 0) is 69.9 Å². The summed E-state index contributed by atoms with van der Waals surface area (Å²) in [4.78, 5) is 93.7. The third-order valence-corrected chi connectivity index (χ3v) is 25.1. The maximum atomic E-state index is 13.9. The molecule has 10 aromatic rings. The van der Waals surface area contributed by atoms with Gasteiger partial charge in [-0.1, -0.05) is 164 Å². The molecule has 10 aromatic carbocycles. The fourth-order valence-corrected chi connectivity index (χ4v) is 17.6. The Kier molecular flexibility index (Phi) is 27.4. The minimum atomic E-state index is -0.635. The summed E-state index contributed by atoms with van der Waals surface area (Å²) in [5, 5.41) is 43.2. The number of hydrogen-bond acceptors (Lipinski definition) is 18. The molecule has 2 unspecified atom stereocenters. The summed E-state index contributed by atoms with van der Waals surface area (Å²) < 4.78 is 60.6. The Labute approximate surface area is 791 Å². The van der Waals surface area contributed by atoms with Gasteiger partial charge in [-0.2, -0.15) is 0 Å². The molecule has 690 valence electrons. The van der Waals surface area contributed by atoms with Crippen molar-refractivity contribution in [3.8, 4) is 103 Å². The average molecular weight is 1850 g/mol. The van der Waals surface area contributed by atoms with Gasteiger partial charge in [-0.3, -0.25) is 38.8 Å². The van der Waals surface area contributed by atoms with Crippen molar-refractivity contribution in [3.63, 3.8) is 0 Å². The Morgan fingerprint density at radius 1 is 0.271 bits per heavy atom. The minimum Gasteiger partial charge on any atom is -0.507 e. The number of hydrogen-bond donors (Lipinski definition) is 8. The number of aliphatic imine (C=N–C) groups is 2. The van der Waals surface area contributed by atoms with Gasteiger partial charge in [0.25, 0.3) is 0 Å². The van der Waals surface area contributed by atoms with Crippen molar-refractivity contribution in [1.82, 2.24) is 0 Å². The quantitative estimate of drug-likeness (QED) is 0.0260. The molecule has 0 saturated heterocycles. The fraction of sp³-hybridized carbons (Fsp3) is 0.370. The predicted molar refractivity (Wildman–Crippen MR) is 520 cm³/mol. The van der Waals surface area contributed by atoms with E-state index in [-0.39, 0.29) is 207 Å². The van der Waals surface area contributed by atoms with Gasteiger partial charge in [0.15, 0.2) is 46.0 Å². The average Bonchev–Trinajstić information content (AvgIpc) is 1.63. The summed E-state index contributed by atoms with van der Waals surface area (Å²) >= 11 is 0. The zero-order chi connectivity index (χ0) is 94.8. The van der Waals surface area contributed by atoms with Crippen LogP contribution in [0, 0.1) is 0 Å². The van der Waals surface area contributed by atoms with E-state index in [1.807, 2.05) is 36.4 Å². The summed E-state index contributed by atoms with van der Waals surface area (Å²) in [6, 6.07) is 37.3. The van der Waals surface area contributed by atoms with Crippen molar-refractivity contribution in [2.45, 2.75) is 262 Å². The van der Waals surface area contributed by atoms with Gasteiger partial charge in [-0.05, 0) is 94.9 Å². The van der Waals surface area contributed by atoms with Gasteiger partial charge in [0.05, 0.1) is 45.5 Å². The number of amides is 6. The summed E-state index contributed by atoms with van der Waals surface area (Å²) in [5.74, 6) is -0.974. The van der Waals surface area contributed by atoms with Crippen LogP contribution in [0.25, 0.3) is 0 Å². The van der Waals surface area contributed by atoms with E-state index in [1.165, 1.54) is 0 Å². The smallest absolute Gasteiger partial charge is 0.224 e. The number of ether oxygens (including phenoxy) is 8. The summed E-state index contributed by atoms with van der Waals surface area (Å²) in [6.45, 7) is 43.8. The molecule has 2 atom stereocenters. The standard InChI is InChI=1S/C108H120N8O16.Zn/c1-23-59-63-37-65-60(24-2)67-39-69-62(26-4)70-40-68-61(25-3)66-38-64(59)82-50-84(66)128-92-44-76(112-98(118)28-6)78(114-100(120)30-8)46-94(92)130-86(68)52-88(70)132-96-48-80(116-102(122)32-10)79(115-101(121)31-9)47-95(96)131-87(69)51-85(67)129-93-45-77(113-99(119)29-7)75(111-97(117)27-5)43-91(93)127-83(65)49-81(63)125-89-41-73(109-53-55-33-57(105(11,12)13)35-71(103(55)123)107(17,18)19)74(42-90(89)126-82)110-54-56-34-58(106(14,15)16)36-72(104(56)124)108(20,21)22;/h33-54,59-62,123-124H,23-32H2,1-22H3,(H,111,117)(H,112,118)(H,113,119)(H,114,120)(H,115,121)(H,116,122);. The maximum absolute atomic E-state index is 13.9. The Hall–Kier alpha value is -13.0. The Morgan fingerprint density at radius 3 is 0.624 bits per heavy atom. The number of nitrogens with one attached hydrogen (secondary N) is 6. The van der Waals surface area contributed by atoms with E-state index in [9.17, 15) is 39.0 Å². The first-order valence-electron chi connectivity index (χ1n) is 46.2. The van der Waals surface area contributed by atoms with Gasteiger partial charge in [0.1, 0.15) is 57.5 Å². The van der Waals surface area contributed by atoms with E-state index in [2.05, 4.69) is 179 Å². The molecule has 4 heterocycles. The van der Waals surface area contributed by atoms with E-state index >= 15 is 0 Å². The van der Waals surface area contributed by atoms with Crippen molar-refractivity contribution in [2.75, 3.05) is 31.9 Å². The zero-order valence-corrected chi connectivity index (χ0v) is 83.3. The molecule has 1 aliphatic carbocycles. The van der Waals surface area contributed by atoms with Crippen molar-refractivity contribution < 1.29 is 96.4 Å². The molecule has 25 heteroatoms. The molecule has 5 aliphatic rings. The molecular weight excluding hydrogens is 1730 g/mol. The van der Waals surface area contributed by atoms with E-state index in [1.54, 1.807) is 103 Å². The molecule has 15 rings (SSSR count). The number of phenols is 2. The van der Waals surface area contributed by atoms with Crippen LogP contribution in [0.5, 0.6) is 103 Å². The molecular formula is C108H120N8O16Zn. The molecule has 0 saturated carbocycles. The monoisotopic (exact) mass is 1850 g/mol. The largest absolute Gasteiger partial charge is 0.507 e. The normalized spacial score (nSPS) is 15.4. The summed E-state index contributed by atoms with van der Waals surface area (Å²) in [6.07, 6.45) is 5.48.